The van der Waals surface area contributed by atoms with E-state index in [0.717, 1.165) is 17.9 Å². The average Bonchev–Trinajstić information content (AvgIpc) is 2.96. The van der Waals surface area contributed by atoms with E-state index in [1.807, 2.05) is 30.3 Å². The highest BCUT2D eigenvalue weighted by Crippen LogP contribution is 2.34. The van der Waals surface area contributed by atoms with Crippen LogP contribution < -0.4 is 14.8 Å². The van der Waals surface area contributed by atoms with Crippen LogP contribution in [0.15, 0.2) is 42.5 Å². The van der Waals surface area contributed by atoms with Gasteiger partial charge in [-0.25, -0.2) is 0 Å². The van der Waals surface area contributed by atoms with E-state index < -0.39 is 6.10 Å². The number of aryl methyl sites for hydroxylation is 1. The molecule has 2 N–H and O–H groups in total. The average molecular weight is 285 g/mol. The topological polar surface area (TPSA) is 50.7 Å². The van der Waals surface area contributed by atoms with E-state index in [-0.39, 0.29) is 6.79 Å². The normalized spacial score (nSPS) is 14.2. The zero-order valence-corrected chi connectivity index (χ0v) is 12.0. The molecule has 0 amide bonds. The lowest BCUT2D eigenvalue weighted by molar-refractivity contribution is 0.170. The molecule has 1 heterocycles. The first-order valence-electron chi connectivity index (χ1n) is 7.07. The number of hydrogen-bond acceptors (Lipinski definition) is 4. The van der Waals surface area contributed by atoms with Crippen molar-refractivity contribution in [2.75, 3.05) is 13.3 Å². The van der Waals surface area contributed by atoms with E-state index in [0.29, 0.717) is 12.3 Å². The summed E-state index contributed by atoms with van der Waals surface area (Å²) in [6.07, 6.45) is -0.566. The van der Waals surface area contributed by atoms with Crippen molar-refractivity contribution in [2.45, 2.75) is 19.6 Å². The number of benzene rings is 2. The first-order chi connectivity index (χ1) is 10.2. The molecule has 4 nitrogen and oxygen atoms in total. The Bertz CT molecular complexity index is 627. The van der Waals surface area contributed by atoms with E-state index in [9.17, 15) is 5.11 Å². The second-order valence-corrected chi connectivity index (χ2v) is 5.19. The lowest BCUT2D eigenvalue weighted by atomic mass is 10.1. The van der Waals surface area contributed by atoms with Gasteiger partial charge in [-0.15, -0.1) is 0 Å². The molecule has 2 aromatic rings. The van der Waals surface area contributed by atoms with Gasteiger partial charge in [0.15, 0.2) is 11.5 Å². The highest BCUT2D eigenvalue weighted by atomic mass is 16.7. The minimum atomic E-state index is -0.566. The molecule has 110 valence electrons. The number of aliphatic hydroxyl groups excluding tert-OH is 1. The Morgan fingerprint density at radius 2 is 1.95 bits per heavy atom. The third kappa shape index (κ3) is 3.17. The molecule has 1 atom stereocenters. The molecule has 2 aromatic carbocycles. The van der Waals surface area contributed by atoms with Crippen LogP contribution in [0, 0.1) is 6.92 Å². The van der Waals surface area contributed by atoms with Gasteiger partial charge in [-0.3, -0.25) is 0 Å². The number of hydrogen-bond donors (Lipinski definition) is 2. The van der Waals surface area contributed by atoms with Crippen LogP contribution in [0.5, 0.6) is 11.5 Å². The summed E-state index contributed by atoms with van der Waals surface area (Å²) in [5.41, 5.74) is 3.33. The lowest BCUT2D eigenvalue weighted by Crippen LogP contribution is -2.21. The van der Waals surface area contributed by atoms with Crippen LogP contribution >= 0.6 is 0 Å². The highest BCUT2D eigenvalue weighted by Gasteiger charge is 2.16. The van der Waals surface area contributed by atoms with Gasteiger partial charge < -0.3 is 19.9 Å². The van der Waals surface area contributed by atoms with E-state index >= 15 is 0 Å². The Labute approximate surface area is 124 Å². The maximum absolute atomic E-state index is 10.2. The third-order valence-corrected chi connectivity index (χ3v) is 3.70. The fourth-order valence-corrected chi connectivity index (χ4v) is 2.39. The molecular formula is C17H19NO3. The molecule has 3 rings (SSSR count). The van der Waals surface area contributed by atoms with E-state index in [1.165, 1.54) is 11.1 Å². The Hall–Kier alpha value is -2.04. The zero-order valence-electron chi connectivity index (χ0n) is 12.0. The predicted molar refractivity (Wildman–Crippen MR) is 80.4 cm³/mol. The molecule has 0 aliphatic carbocycles. The minimum absolute atomic E-state index is 0.250. The van der Waals surface area contributed by atoms with Crippen molar-refractivity contribution in [2.24, 2.45) is 0 Å². The molecule has 0 saturated heterocycles. The summed E-state index contributed by atoms with van der Waals surface area (Å²) in [6.45, 7) is 3.58. The van der Waals surface area contributed by atoms with Crippen molar-refractivity contribution in [3.63, 3.8) is 0 Å². The summed E-state index contributed by atoms with van der Waals surface area (Å²) < 4.78 is 10.6. The van der Waals surface area contributed by atoms with Gasteiger partial charge in [-0.2, -0.15) is 0 Å². The van der Waals surface area contributed by atoms with Crippen molar-refractivity contribution in [3.05, 3.63) is 59.2 Å². The quantitative estimate of drug-likeness (QED) is 0.886. The molecule has 0 bridgehead atoms. The first kappa shape index (κ1) is 13.9. The van der Waals surface area contributed by atoms with Gasteiger partial charge in [0.1, 0.15) is 0 Å². The van der Waals surface area contributed by atoms with Gasteiger partial charge in [-0.05, 0) is 35.7 Å². The molecule has 1 aliphatic rings. The number of nitrogens with one attached hydrogen (secondary N) is 1. The summed E-state index contributed by atoms with van der Waals surface area (Å²) in [5, 5.41) is 13.5. The molecular weight excluding hydrogens is 266 g/mol. The van der Waals surface area contributed by atoms with Crippen molar-refractivity contribution < 1.29 is 14.6 Å². The Morgan fingerprint density at radius 3 is 2.81 bits per heavy atom. The van der Waals surface area contributed by atoms with Crippen LogP contribution in [0.4, 0.5) is 0 Å². The zero-order chi connectivity index (χ0) is 14.7. The minimum Gasteiger partial charge on any atom is -0.454 e. The fraction of sp³-hybridized carbons (Fsp3) is 0.294. The van der Waals surface area contributed by atoms with Crippen LogP contribution in [0.3, 0.4) is 0 Å². The van der Waals surface area contributed by atoms with Gasteiger partial charge in [0, 0.05) is 13.1 Å². The van der Waals surface area contributed by atoms with Gasteiger partial charge in [0.05, 0.1) is 6.10 Å². The summed E-state index contributed by atoms with van der Waals surface area (Å²) >= 11 is 0. The third-order valence-electron chi connectivity index (χ3n) is 3.70. The lowest BCUT2D eigenvalue weighted by Gasteiger charge is -2.13. The van der Waals surface area contributed by atoms with Crippen LogP contribution in [-0.4, -0.2) is 18.4 Å². The van der Waals surface area contributed by atoms with Crippen molar-refractivity contribution in [1.29, 1.82) is 0 Å². The second-order valence-electron chi connectivity index (χ2n) is 5.19. The molecule has 0 spiro atoms. The Kier molecular flexibility index (Phi) is 4.08. The summed E-state index contributed by atoms with van der Waals surface area (Å²) in [6, 6.07) is 13.8. The Balaban J connectivity index is 1.57. The molecule has 1 aliphatic heterocycles. The molecule has 0 fully saturated rings. The number of fused-ring (bicyclic) bond motifs is 1. The number of rotatable bonds is 5. The second kappa shape index (κ2) is 6.16. The smallest absolute Gasteiger partial charge is 0.231 e. The van der Waals surface area contributed by atoms with Crippen molar-refractivity contribution in [3.8, 4) is 11.5 Å². The molecule has 0 saturated carbocycles. The van der Waals surface area contributed by atoms with E-state index in [4.69, 9.17) is 9.47 Å². The highest BCUT2D eigenvalue weighted by molar-refractivity contribution is 5.45. The van der Waals surface area contributed by atoms with Gasteiger partial charge >= 0.3 is 0 Å². The van der Waals surface area contributed by atoms with Crippen LogP contribution in [0.2, 0.25) is 0 Å². The SMILES string of the molecule is Cc1ccccc1CNCC(O)c1ccc2c(c1)OCO2. The molecule has 0 aromatic heterocycles. The Morgan fingerprint density at radius 1 is 1.14 bits per heavy atom. The molecule has 21 heavy (non-hydrogen) atoms. The first-order valence-corrected chi connectivity index (χ1v) is 7.07. The predicted octanol–water partition coefficient (Wildman–Crippen LogP) is 2.55. The van der Waals surface area contributed by atoms with E-state index in [2.05, 4.69) is 24.4 Å². The van der Waals surface area contributed by atoms with Crippen LogP contribution in [0.1, 0.15) is 22.8 Å². The van der Waals surface area contributed by atoms with E-state index in [1.54, 1.807) is 0 Å². The summed E-state index contributed by atoms with van der Waals surface area (Å²) in [5.74, 6) is 1.43. The maximum Gasteiger partial charge on any atom is 0.231 e. The number of ether oxygens (including phenoxy) is 2. The number of aliphatic hydroxyl groups is 1. The van der Waals surface area contributed by atoms with Gasteiger partial charge in [0.2, 0.25) is 6.79 Å². The summed E-state index contributed by atoms with van der Waals surface area (Å²) in [7, 11) is 0. The monoisotopic (exact) mass is 285 g/mol. The maximum atomic E-state index is 10.2. The van der Waals surface area contributed by atoms with Gasteiger partial charge in [-0.1, -0.05) is 30.3 Å². The van der Waals surface area contributed by atoms with Crippen LogP contribution in [-0.2, 0) is 6.54 Å². The molecule has 0 radical (unpaired) electrons. The molecule has 4 heteroatoms. The fourth-order valence-electron chi connectivity index (χ4n) is 2.39. The molecule has 1 unspecified atom stereocenters. The van der Waals surface area contributed by atoms with Gasteiger partial charge in [0.25, 0.3) is 0 Å². The van der Waals surface area contributed by atoms with Crippen molar-refractivity contribution in [1.82, 2.24) is 5.32 Å². The van der Waals surface area contributed by atoms with Crippen LogP contribution in [0.25, 0.3) is 0 Å². The largest absolute Gasteiger partial charge is 0.454 e. The summed E-state index contributed by atoms with van der Waals surface area (Å²) in [4.78, 5) is 0. The van der Waals surface area contributed by atoms with Crippen molar-refractivity contribution >= 4 is 0 Å². The standard InChI is InChI=1S/C17H19NO3/c1-12-4-2-3-5-14(12)9-18-10-15(19)13-6-7-16-17(8-13)21-11-20-16/h2-8,15,18-19H,9-11H2,1H3.